The highest BCUT2D eigenvalue weighted by Gasteiger charge is 2.52. The van der Waals surface area contributed by atoms with Crippen molar-refractivity contribution in [3.63, 3.8) is 0 Å². The number of hydrogen-bond donors (Lipinski definition) is 1. The van der Waals surface area contributed by atoms with Gasteiger partial charge in [-0.25, -0.2) is 13.4 Å². The molecule has 156 valence electrons. The molecule has 0 bridgehead atoms. The highest BCUT2D eigenvalue weighted by molar-refractivity contribution is 7.92. The maximum Gasteiger partial charge on any atom is 0.496 e. The van der Waals surface area contributed by atoms with Crippen LogP contribution >= 0.6 is 23.2 Å². The van der Waals surface area contributed by atoms with E-state index in [1.165, 1.54) is 19.4 Å². The third-order valence-electron chi connectivity index (χ3n) is 5.05. The normalized spacial score (nSPS) is 18.0. The summed E-state index contributed by atoms with van der Waals surface area (Å²) in [5.41, 5.74) is -0.435. The molecule has 1 N–H and O–H groups in total. The molecule has 0 unspecified atom stereocenters. The summed E-state index contributed by atoms with van der Waals surface area (Å²) < 4.78 is 45.4. The minimum atomic E-state index is -4.08. The molecule has 0 atom stereocenters. The number of pyridine rings is 1. The van der Waals surface area contributed by atoms with E-state index in [-0.39, 0.29) is 26.5 Å². The first-order valence-corrected chi connectivity index (χ1v) is 11.0. The lowest BCUT2D eigenvalue weighted by molar-refractivity contribution is 0.00578. The molecule has 0 saturated carbocycles. The molecular weight excluding hydrogens is 438 g/mol. The molecular formula is C18H21BCl2N2O5S. The first kappa shape index (κ1) is 22.2. The maximum absolute atomic E-state index is 12.9. The Morgan fingerprint density at radius 1 is 1.14 bits per heavy atom. The topological polar surface area (TPSA) is 86.8 Å². The van der Waals surface area contributed by atoms with E-state index in [4.69, 9.17) is 37.2 Å². The molecule has 1 fully saturated rings. The average Bonchev–Trinajstić information content (AvgIpc) is 2.84. The summed E-state index contributed by atoms with van der Waals surface area (Å²) in [6.45, 7) is 7.69. The van der Waals surface area contributed by atoms with Crippen LogP contribution in [0, 0.1) is 0 Å². The summed E-state index contributed by atoms with van der Waals surface area (Å²) in [7, 11) is -3.49. The van der Waals surface area contributed by atoms with Crippen LogP contribution in [0.15, 0.2) is 35.4 Å². The van der Waals surface area contributed by atoms with Gasteiger partial charge in [-0.15, -0.1) is 0 Å². The zero-order valence-corrected chi connectivity index (χ0v) is 18.9. The van der Waals surface area contributed by atoms with Gasteiger partial charge < -0.3 is 14.0 Å². The van der Waals surface area contributed by atoms with Crippen molar-refractivity contribution in [3.8, 4) is 5.88 Å². The standard InChI is InChI=1S/C18H21BCl2N2O5S/c1-17(2)18(3,4)28-19(27-17)12-7-6-8-13(15(12)21)23-29(24,25)14-9-11(20)10-22-16(14)26-5/h6-10,23H,1-5H3. The van der Waals surface area contributed by atoms with Crippen molar-refractivity contribution in [2.75, 3.05) is 11.8 Å². The lowest BCUT2D eigenvalue weighted by Crippen LogP contribution is -2.41. The molecule has 0 radical (unpaired) electrons. The second-order valence-corrected chi connectivity index (χ2v) is 10.0. The molecule has 1 aliphatic heterocycles. The van der Waals surface area contributed by atoms with Crippen LogP contribution in [0.5, 0.6) is 5.88 Å². The fraction of sp³-hybridized carbons (Fsp3) is 0.389. The third-order valence-corrected chi connectivity index (χ3v) is 7.04. The van der Waals surface area contributed by atoms with Gasteiger partial charge in [-0.1, -0.05) is 35.3 Å². The van der Waals surface area contributed by atoms with Crippen molar-refractivity contribution >= 4 is 51.5 Å². The Morgan fingerprint density at radius 2 is 1.76 bits per heavy atom. The Labute approximate surface area is 180 Å². The molecule has 11 heteroatoms. The third kappa shape index (κ3) is 4.20. The predicted octanol–water partition coefficient (Wildman–Crippen LogP) is 3.50. The van der Waals surface area contributed by atoms with E-state index in [1.54, 1.807) is 18.2 Å². The fourth-order valence-corrected chi connectivity index (χ4v) is 4.49. The minimum Gasteiger partial charge on any atom is -0.480 e. The Bertz CT molecular complexity index is 1030. The smallest absolute Gasteiger partial charge is 0.480 e. The summed E-state index contributed by atoms with van der Waals surface area (Å²) in [5.74, 6) is -0.0832. The molecule has 3 rings (SSSR count). The second-order valence-electron chi connectivity index (χ2n) is 7.56. The van der Waals surface area contributed by atoms with E-state index < -0.39 is 28.3 Å². The molecule has 2 heterocycles. The van der Waals surface area contributed by atoms with E-state index in [1.807, 2.05) is 27.7 Å². The van der Waals surface area contributed by atoms with Gasteiger partial charge >= 0.3 is 7.12 Å². The number of benzene rings is 1. The zero-order chi connectivity index (χ0) is 21.6. The lowest BCUT2D eigenvalue weighted by Gasteiger charge is -2.32. The maximum atomic E-state index is 12.9. The van der Waals surface area contributed by atoms with Crippen LogP contribution in [0.2, 0.25) is 10.0 Å². The highest BCUT2D eigenvalue weighted by Crippen LogP contribution is 2.38. The number of nitrogens with one attached hydrogen (secondary N) is 1. The Hall–Kier alpha value is -1.52. The highest BCUT2D eigenvalue weighted by atomic mass is 35.5. The van der Waals surface area contributed by atoms with E-state index in [9.17, 15) is 8.42 Å². The van der Waals surface area contributed by atoms with Gasteiger partial charge in [0.2, 0.25) is 5.88 Å². The molecule has 2 aromatic rings. The molecule has 1 aromatic heterocycles. The molecule has 7 nitrogen and oxygen atoms in total. The van der Waals surface area contributed by atoms with E-state index in [0.29, 0.717) is 5.46 Å². The van der Waals surface area contributed by atoms with Gasteiger partial charge in [-0.2, -0.15) is 0 Å². The molecule has 1 aromatic carbocycles. The van der Waals surface area contributed by atoms with Crippen LogP contribution in [0.3, 0.4) is 0 Å². The molecule has 1 aliphatic rings. The first-order chi connectivity index (χ1) is 13.4. The van der Waals surface area contributed by atoms with E-state index in [0.717, 1.165) is 0 Å². The number of anilines is 1. The van der Waals surface area contributed by atoms with Gasteiger partial charge in [0, 0.05) is 11.7 Å². The van der Waals surface area contributed by atoms with Crippen LogP contribution in [-0.4, -0.2) is 38.8 Å². The summed E-state index contributed by atoms with van der Waals surface area (Å²) in [6, 6.07) is 6.18. The SMILES string of the molecule is COc1ncc(Cl)cc1S(=O)(=O)Nc1cccc(B2OC(C)(C)C(C)(C)O2)c1Cl. The summed E-state index contributed by atoms with van der Waals surface area (Å²) in [4.78, 5) is 3.69. The Balaban J connectivity index is 1.96. The monoisotopic (exact) mass is 458 g/mol. The van der Waals surface area contributed by atoms with Crippen molar-refractivity contribution < 1.29 is 22.5 Å². The van der Waals surface area contributed by atoms with Crippen molar-refractivity contribution in [1.82, 2.24) is 4.98 Å². The quantitative estimate of drug-likeness (QED) is 0.690. The van der Waals surface area contributed by atoms with Crippen LogP contribution < -0.4 is 14.9 Å². The first-order valence-electron chi connectivity index (χ1n) is 8.74. The van der Waals surface area contributed by atoms with Crippen LogP contribution in [0.4, 0.5) is 5.69 Å². The van der Waals surface area contributed by atoms with Gasteiger partial charge in [0.05, 0.1) is 34.0 Å². The van der Waals surface area contributed by atoms with Gasteiger partial charge in [0.25, 0.3) is 10.0 Å². The molecule has 0 aliphatic carbocycles. The molecule has 0 spiro atoms. The predicted molar refractivity (Wildman–Crippen MR) is 114 cm³/mol. The average molecular weight is 459 g/mol. The number of nitrogens with zero attached hydrogens (tertiary/aromatic N) is 1. The van der Waals surface area contributed by atoms with Gasteiger partial charge in [0.1, 0.15) is 0 Å². The molecule has 29 heavy (non-hydrogen) atoms. The minimum absolute atomic E-state index is 0.0832. The second kappa shape index (κ2) is 7.63. The molecule has 1 saturated heterocycles. The van der Waals surface area contributed by atoms with Gasteiger partial charge in [0.15, 0.2) is 4.90 Å². The molecule has 0 amide bonds. The summed E-state index contributed by atoms with van der Waals surface area (Å²) in [6.07, 6.45) is 1.30. The summed E-state index contributed by atoms with van der Waals surface area (Å²) >= 11 is 12.4. The van der Waals surface area contributed by atoms with E-state index >= 15 is 0 Å². The van der Waals surface area contributed by atoms with Crippen molar-refractivity contribution in [2.45, 2.75) is 43.8 Å². The fourth-order valence-electron chi connectivity index (χ4n) is 2.73. The number of aromatic nitrogens is 1. The Morgan fingerprint density at radius 3 is 2.34 bits per heavy atom. The largest absolute Gasteiger partial charge is 0.496 e. The van der Waals surface area contributed by atoms with Crippen LogP contribution in [0.25, 0.3) is 0 Å². The number of methoxy groups -OCH3 is 1. The summed E-state index contributed by atoms with van der Waals surface area (Å²) in [5, 5.41) is 0.326. The van der Waals surface area contributed by atoms with Crippen LogP contribution in [-0.2, 0) is 19.3 Å². The number of sulfonamides is 1. The van der Waals surface area contributed by atoms with Gasteiger partial charge in [-0.3, -0.25) is 4.72 Å². The van der Waals surface area contributed by atoms with Crippen molar-refractivity contribution in [2.24, 2.45) is 0 Å². The van der Waals surface area contributed by atoms with Crippen molar-refractivity contribution in [3.05, 3.63) is 40.5 Å². The number of hydrogen-bond acceptors (Lipinski definition) is 6. The number of halogens is 2. The zero-order valence-electron chi connectivity index (χ0n) is 16.6. The number of ether oxygens (including phenoxy) is 1. The lowest BCUT2D eigenvalue weighted by atomic mass is 9.79. The van der Waals surface area contributed by atoms with Crippen molar-refractivity contribution in [1.29, 1.82) is 0 Å². The Kier molecular flexibility index (Phi) is 5.83. The van der Waals surface area contributed by atoms with Gasteiger partial charge in [-0.05, 0) is 39.8 Å². The van der Waals surface area contributed by atoms with E-state index in [2.05, 4.69) is 9.71 Å². The van der Waals surface area contributed by atoms with Crippen LogP contribution in [0.1, 0.15) is 27.7 Å². The number of rotatable bonds is 5.